The van der Waals surface area contributed by atoms with Gasteiger partial charge in [0, 0.05) is 13.1 Å². The zero-order valence-electron chi connectivity index (χ0n) is 10.8. The number of benzene rings is 1. The molecule has 3 rings (SSSR count). The molecule has 1 aliphatic heterocycles. The SMILES string of the molecule is O=S(=O)(c1ccc(C2CC2)cc1)N1CCC(O)CC1. The van der Waals surface area contributed by atoms with Gasteiger partial charge < -0.3 is 5.11 Å². The summed E-state index contributed by atoms with van der Waals surface area (Å²) in [6.07, 6.45) is 3.13. The molecule has 1 heterocycles. The topological polar surface area (TPSA) is 57.6 Å². The van der Waals surface area contributed by atoms with E-state index in [-0.39, 0.29) is 6.10 Å². The molecule has 0 spiro atoms. The average molecular weight is 281 g/mol. The molecule has 1 aromatic carbocycles. The van der Waals surface area contributed by atoms with Gasteiger partial charge in [0.2, 0.25) is 10.0 Å². The molecule has 2 aliphatic rings. The fourth-order valence-corrected chi connectivity index (χ4v) is 4.03. The van der Waals surface area contributed by atoms with Crippen LogP contribution in [0.15, 0.2) is 29.2 Å². The summed E-state index contributed by atoms with van der Waals surface area (Å²) in [5.74, 6) is 0.641. The van der Waals surface area contributed by atoms with Gasteiger partial charge >= 0.3 is 0 Å². The summed E-state index contributed by atoms with van der Waals surface area (Å²) in [4.78, 5) is 0.369. The van der Waals surface area contributed by atoms with E-state index in [2.05, 4.69) is 0 Å². The second-order valence-electron chi connectivity index (χ2n) is 5.48. The molecule has 1 N–H and O–H groups in total. The third-order valence-corrected chi connectivity index (χ3v) is 5.90. The Labute approximate surface area is 114 Å². The van der Waals surface area contributed by atoms with E-state index in [9.17, 15) is 13.5 Å². The molecule has 2 fully saturated rings. The molecule has 0 radical (unpaired) electrons. The van der Waals surface area contributed by atoms with E-state index in [1.807, 2.05) is 12.1 Å². The highest BCUT2D eigenvalue weighted by Gasteiger charge is 2.29. The molecule has 0 amide bonds. The Kier molecular flexibility index (Phi) is 3.37. The molecule has 4 nitrogen and oxygen atoms in total. The van der Waals surface area contributed by atoms with Crippen molar-refractivity contribution in [2.45, 2.75) is 42.6 Å². The molecule has 0 aromatic heterocycles. The first kappa shape index (κ1) is 13.1. The molecule has 1 saturated carbocycles. The smallest absolute Gasteiger partial charge is 0.243 e. The molecular weight excluding hydrogens is 262 g/mol. The fourth-order valence-electron chi connectivity index (χ4n) is 2.56. The van der Waals surface area contributed by atoms with Crippen LogP contribution in [0.1, 0.15) is 37.2 Å². The minimum Gasteiger partial charge on any atom is -0.393 e. The highest BCUT2D eigenvalue weighted by atomic mass is 32.2. The maximum Gasteiger partial charge on any atom is 0.243 e. The number of piperidine rings is 1. The number of aliphatic hydroxyl groups is 1. The van der Waals surface area contributed by atoms with Gasteiger partial charge in [-0.2, -0.15) is 4.31 Å². The standard InChI is InChI=1S/C14H19NO3S/c16-13-7-9-15(10-8-13)19(17,18)14-5-3-12(4-6-14)11-1-2-11/h3-6,11,13,16H,1-2,7-10H2. The minimum atomic E-state index is -3.39. The Morgan fingerprint density at radius 2 is 1.58 bits per heavy atom. The zero-order chi connectivity index (χ0) is 13.5. The van der Waals surface area contributed by atoms with Crippen molar-refractivity contribution in [1.29, 1.82) is 0 Å². The van der Waals surface area contributed by atoms with Gasteiger partial charge in [-0.15, -0.1) is 0 Å². The van der Waals surface area contributed by atoms with Crippen LogP contribution >= 0.6 is 0 Å². The van der Waals surface area contributed by atoms with Crippen LogP contribution in [0.5, 0.6) is 0 Å². The number of hydrogen-bond acceptors (Lipinski definition) is 3. The largest absolute Gasteiger partial charge is 0.393 e. The first-order valence-electron chi connectivity index (χ1n) is 6.85. The zero-order valence-corrected chi connectivity index (χ0v) is 11.6. The maximum atomic E-state index is 12.4. The van der Waals surface area contributed by atoms with E-state index in [1.165, 1.54) is 22.7 Å². The normalized spacial score (nSPS) is 22.6. The summed E-state index contributed by atoms with van der Waals surface area (Å²) in [6.45, 7) is 0.821. The molecule has 0 unspecified atom stereocenters. The van der Waals surface area contributed by atoms with E-state index in [1.54, 1.807) is 12.1 Å². The Morgan fingerprint density at radius 3 is 2.11 bits per heavy atom. The van der Waals surface area contributed by atoms with Crippen molar-refractivity contribution in [2.75, 3.05) is 13.1 Å². The van der Waals surface area contributed by atoms with Crippen molar-refractivity contribution < 1.29 is 13.5 Å². The molecule has 19 heavy (non-hydrogen) atoms. The molecule has 104 valence electrons. The van der Waals surface area contributed by atoms with Crippen molar-refractivity contribution in [2.24, 2.45) is 0 Å². The van der Waals surface area contributed by atoms with Gasteiger partial charge in [0.15, 0.2) is 0 Å². The highest BCUT2D eigenvalue weighted by molar-refractivity contribution is 7.89. The predicted molar refractivity (Wildman–Crippen MR) is 72.4 cm³/mol. The second kappa shape index (κ2) is 4.89. The molecule has 1 aromatic rings. The van der Waals surface area contributed by atoms with Crippen LogP contribution in [0.3, 0.4) is 0 Å². The van der Waals surface area contributed by atoms with Crippen LogP contribution in [0.4, 0.5) is 0 Å². The van der Waals surface area contributed by atoms with E-state index in [0.29, 0.717) is 36.7 Å². The van der Waals surface area contributed by atoms with Gasteiger partial charge in [0.25, 0.3) is 0 Å². The summed E-state index contributed by atoms with van der Waals surface area (Å²) in [5.41, 5.74) is 1.24. The number of nitrogens with zero attached hydrogens (tertiary/aromatic N) is 1. The van der Waals surface area contributed by atoms with Gasteiger partial charge in [-0.05, 0) is 49.3 Å². The Morgan fingerprint density at radius 1 is 1.00 bits per heavy atom. The molecule has 5 heteroatoms. The number of rotatable bonds is 3. The molecule has 1 saturated heterocycles. The third kappa shape index (κ3) is 2.68. The summed E-state index contributed by atoms with van der Waals surface area (Å²) < 4.78 is 26.3. The Bertz CT molecular complexity index is 541. The maximum absolute atomic E-state index is 12.4. The van der Waals surface area contributed by atoms with Crippen LogP contribution in [0.2, 0.25) is 0 Å². The van der Waals surface area contributed by atoms with E-state index >= 15 is 0 Å². The van der Waals surface area contributed by atoms with Crippen LogP contribution in [-0.2, 0) is 10.0 Å². The number of sulfonamides is 1. The van der Waals surface area contributed by atoms with Crippen LogP contribution in [0, 0.1) is 0 Å². The van der Waals surface area contributed by atoms with Crippen LogP contribution in [-0.4, -0.2) is 37.0 Å². The van der Waals surface area contributed by atoms with E-state index in [0.717, 1.165) is 0 Å². The van der Waals surface area contributed by atoms with Crippen LogP contribution < -0.4 is 0 Å². The monoisotopic (exact) mass is 281 g/mol. The lowest BCUT2D eigenvalue weighted by atomic mass is 10.1. The van der Waals surface area contributed by atoms with E-state index in [4.69, 9.17) is 0 Å². The minimum absolute atomic E-state index is 0.358. The molecule has 0 atom stereocenters. The summed E-state index contributed by atoms with van der Waals surface area (Å²) in [5, 5.41) is 9.45. The molecule has 1 aliphatic carbocycles. The lowest BCUT2D eigenvalue weighted by Gasteiger charge is -2.28. The molecular formula is C14H19NO3S. The van der Waals surface area contributed by atoms with Gasteiger partial charge in [-0.3, -0.25) is 0 Å². The number of hydrogen-bond donors (Lipinski definition) is 1. The van der Waals surface area contributed by atoms with Gasteiger partial charge in [0.1, 0.15) is 0 Å². The fraction of sp³-hybridized carbons (Fsp3) is 0.571. The summed E-state index contributed by atoms with van der Waals surface area (Å²) >= 11 is 0. The average Bonchev–Trinajstić information content (AvgIpc) is 3.24. The first-order chi connectivity index (χ1) is 9.07. The van der Waals surface area contributed by atoms with Crippen molar-refractivity contribution in [1.82, 2.24) is 4.31 Å². The van der Waals surface area contributed by atoms with Crippen molar-refractivity contribution in [3.8, 4) is 0 Å². The van der Waals surface area contributed by atoms with Gasteiger partial charge in [0.05, 0.1) is 11.0 Å². The lowest BCUT2D eigenvalue weighted by Crippen LogP contribution is -2.39. The lowest BCUT2D eigenvalue weighted by molar-refractivity contribution is 0.113. The highest BCUT2D eigenvalue weighted by Crippen LogP contribution is 2.40. The predicted octanol–water partition coefficient (Wildman–Crippen LogP) is 1.71. The van der Waals surface area contributed by atoms with Crippen molar-refractivity contribution >= 4 is 10.0 Å². The van der Waals surface area contributed by atoms with Crippen LogP contribution in [0.25, 0.3) is 0 Å². The Hall–Kier alpha value is -0.910. The van der Waals surface area contributed by atoms with Crippen molar-refractivity contribution in [3.05, 3.63) is 29.8 Å². The quantitative estimate of drug-likeness (QED) is 0.917. The molecule has 0 bridgehead atoms. The van der Waals surface area contributed by atoms with Gasteiger partial charge in [-0.25, -0.2) is 8.42 Å². The number of aliphatic hydroxyl groups excluding tert-OH is 1. The second-order valence-corrected chi connectivity index (χ2v) is 7.42. The van der Waals surface area contributed by atoms with Gasteiger partial charge in [-0.1, -0.05) is 12.1 Å². The van der Waals surface area contributed by atoms with E-state index < -0.39 is 10.0 Å². The summed E-state index contributed by atoms with van der Waals surface area (Å²) in [7, 11) is -3.39. The summed E-state index contributed by atoms with van der Waals surface area (Å²) in [6, 6.07) is 7.30. The Balaban J connectivity index is 1.79. The van der Waals surface area contributed by atoms with Crippen molar-refractivity contribution in [3.63, 3.8) is 0 Å². The third-order valence-electron chi connectivity index (χ3n) is 3.99. The first-order valence-corrected chi connectivity index (χ1v) is 8.29.